The van der Waals surface area contributed by atoms with Crippen molar-refractivity contribution in [1.29, 1.82) is 0 Å². The molecule has 0 atom stereocenters. The summed E-state index contributed by atoms with van der Waals surface area (Å²) in [5.74, 6) is 2.28. The van der Waals surface area contributed by atoms with Crippen LogP contribution in [0.25, 0.3) is 0 Å². The van der Waals surface area contributed by atoms with Gasteiger partial charge >= 0.3 is 8.80 Å². The first-order chi connectivity index (χ1) is 13.8. The summed E-state index contributed by atoms with van der Waals surface area (Å²) in [7, 11) is -3.04. The zero-order valence-corrected chi connectivity index (χ0v) is 16.9. The molecule has 0 radical (unpaired) electrons. The Morgan fingerprint density at radius 3 is 1.46 bits per heavy atom. The highest BCUT2D eigenvalue weighted by Gasteiger charge is 2.50. The lowest BCUT2D eigenvalue weighted by Gasteiger charge is -2.37. The van der Waals surface area contributed by atoms with Crippen molar-refractivity contribution in [3.63, 3.8) is 0 Å². The van der Waals surface area contributed by atoms with Gasteiger partial charge in [-0.05, 0) is 49.2 Å². The van der Waals surface area contributed by atoms with Crippen molar-refractivity contribution < 1.29 is 26.5 Å². The van der Waals surface area contributed by atoms with Gasteiger partial charge in [0.05, 0.1) is 38.6 Å². The summed E-state index contributed by atoms with van der Waals surface area (Å²) in [4.78, 5) is 0. The third-order valence-corrected chi connectivity index (χ3v) is 8.31. The minimum absolute atomic E-state index is 0.251. The molecular weight excluding hydrogens is 376 g/mol. The average Bonchev–Trinajstić information content (AvgIpc) is 3.52. The van der Waals surface area contributed by atoms with E-state index in [1.165, 1.54) is 6.42 Å². The molecule has 4 rings (SSSR count). The molecule has 0 bridgehead atoms. The van der Waals surface area contributed by atoms with E-state index in [4.69, 9.17) is 26.5 Å². The molecule has 28 heavy (non-hydrogen) atoms. The molecule has 1 fully saturated rings. The van der Waals surface area contributed by atoms with Gasteiger partial charge in [0.15, 0.2) is 0 Å². The van der Waals surface area contributed by atoms with E-state index in [0.29, 0.717) is 19.8 Å². The first-order valence-corrected chi connectivity index (χ1v) is 11.6. The zero-order valence-electron chi connectivity index (χ0n) is 15.9. The van der Waals surface area contributed by atoms with Gasteiger partial charge in [-0.25, -0.2) is 0 Å². The molecule has 1 aliphatic rings. The Morgan fingerprint density at radius 1 is 0.679 bits per heavy atom. The number of rotatable bonds is 10. The summed E-state index contributed by atoms with van der Waals surface area (Å²) in [6.45, 7) is 0.976. The summed E-state index contributed by atoms with van der Waals surface area (Å²) in [6, 6.07) is 11.3. The van der Waals surface area contributed by atoms with Crippen LogP contribution in [0.2, 0.25) is 5.54 Å². The van der Waals surface area contributed by atoms with Gasteiger partial charge < -0.3 is 26.5 Å². The average molecular weight is 403 g/mol. The molecule has 0 unspecified atom stereocenters. The van der Waals surface area contributed by atoms with Gasteiger partial charge in [0.1, 0.15) is 17.3 Å². The van der Waals surface area contributed by atoms with Gasteiger partial charge in [-0.1, -0.05) is 19.3 Å². The van der Waals surface area contributed by atoms with Crippen LogP contribution in [0.3, 0.4) is 0 Å². The highest BCUT2D eigenvalue weighted by Crippen LogP contribution is 2.40. The van der Waals surface area contributed by atoms with Gasteiger partial charge in [0.2, 0.25) is 0 Å². The van der Waals surface area contributed by atoms with E-state index in [1.807, 2.05) is 36.4 Å². The van der Waals surface area contributed by atoms with Crippen molar-refractivity contribution in [3.05, 3.63) is 72.5 Å². The molecule has 3 heterocycles. The van der Waals surface area contributed by atoms with E-state index in [1.54, 1.807) is 18.8 Å². The molecular formula is C21H26O6Si. The van der Waals surface area contributed by atoms with Crippen LogP contribution in [0.1, 0.15) is 49.4 Å². The van der Waals surface area contributed by atoms with Crippen LogP contribution in [-0.2, 0) is 33.1 Å². The smallest absolute Gasteiger partial charge is 0.467 e. The SMILES string of the molecule is c1coc(CO[Si](OCc2ccco2)(OCc2ccco2)C2CCCCC2)c1. The first-order valence-electron chi connectivity index (χ1n) is 9.83. The third-order valence-electron chi connectivity index (χ3n) is 5.09. The molecule has 0 aromatic carbocycles. The quantitative estimate of drug-likeness (QED) is 0.406. The second-order valence-electron chi connectivity index (χ2n) is 7.04. The Labute approximate surface area is 165 Å². The normalized spacial score (nSPS) is 15.9. The van der Waals surface area contributed by atoms with E-state index >= 15 is 0 Å². The van der Waals surface area contributed by atoms with Crippen LogP contribution in [0.4, 0.5) is 0 Å². The highest BCUT2D eigenvalue weighted by atomic mass is 28.4. The Hall–Kier alpha value is -2.06. The fraction of sp³-hybridized carbons (Fsp3) is 0.429. The number of hydrogen-bond acceptors (Lipinski definition) is 6. The molecule has 0 spiro atoms. The van der Waals surface area contributed by atoms with E-state index in [2.05, 4.69) is 0 Å². The minimum atomic E-state index is -3.04. The predicted octanol–water partition coefficient (Wildman–Crippen LogP) is 5.69. The van der Waals surface area contributed by atoms with E-state index in [9.17, 15) is 0 Å². The number of furan rings is 3. The molecule has 0 amide bonds. The lowest BCUT2D eigenvalue weighted by molar-refractivity contribution is 0.0180. The van der Waals surface area contributed by atoms with Crippen molar-refractivity contribution >= 4 is 8.80 Å². The lowest BCUT2D eigenvalue weighted by atomic mass is 10.0. The van der Waals surface area contributed by atoms with Crippen LogP contribution >= 0.6 is 0 Å². The van der Waals surface area contributed by atoms with E-state index in [-0.39, 0.29) is 5.54 Å². The summed E-state index contributed by atoms with van der Waals surface area (Å²) in [6.07, 6.45) is 10.6. The Kier molecular flexibility index (Phi) is 6.48. The van der Waals surface area contributed by atoms with Crippen molar-refractivity contribution in [1.82, 2.24) is 0 Å². The van der Waals surface area contributed by atoms with Gasteiger partial charge in [-0.3, -0.25) is 0 Å². The summed E-state index contributed by atoms with van der Waals surface area (Å²) in [5, 5.41) is 0. The maximum Gasteiger partial charge on any atom is 0.505 e. The lowest BCUT2D eigenvalue weighted by Crippen LogP contribution is -2.50. The van der Waals surface area contributed by atoms with Gasteiger partial charge in [0, 0.05) is 5.54 Å². The van der Waals surface area contributed by atoms with Crippen molar-refractivity contribution in [2.75, 3.05) is 0 Å². The molecule has 0 N–H and O–H groups in total. The monoisotopic (exact) mass is 402 g/mol. The Morgan fingerprint density at radius 2 is 1.11 bits per heavy atom. The Bertz CT molecular complexity index is 681. The van der Waals surface area contributed by atoms with Crippen molar-refractivity contribution in [2.24, 2.45) is 0 Å². The van der Waals surface area contributed by atoms with Crippen molar-refractivity contribution in [3.8, 4) is 0 Å². The first kappa shape index (κ1) is 19.3. The maximum atomic E-state index is 6.43. The zero-order chi connectivity index (χ0) is 19.1. The van der Waals surface area contributed by atoms with Crippen LogP contribution in [0.15, 0.2) is 68.4 Å². The second kappa shape index (κ2) is 9.42. The highest BCUT2D eigenvalue weighted by molar-refractivity contribution is 6.62. The molecule has 150 valence electrons. The molecule has 0 saturated heterocycles. The van der Waals surface area contributed by atoms with Gasteiger partial charge in [-0.15, -0.1) is 0 Å². The third kappa shape index (κ3) is 4.85. The molecule has 3 aromatic rings. The van der Waals surface area contributed by atoms with Crippen LogP contribution in [0, 0.1) is 0 Å². The molecule has 0 aliphatic heterocycles. The molecule has 1 saturated carbocycles. The standard InChI is InChI=1S/C21H26O6Si/c1-2-10-21(11-3-1)28(25-15-18-7-4-12-22-18,26-16-19-8-5-13-23-19)27-17-20-9-6-14-24-20/h4-9,12-14,21H,1-3,10-11,15-17H2. The fourth-order valence-electron chi connectivity index (χ4n) is 3.63. The topological polar surface area (TPSA) is 67.1 Å². The second-order valence-corrected chi connectivity index (χ2v) is 9.93. The van der Waals surface area contributed by atoms with Gasteiger partial charge in [-0.2, -0.15) is 0 Å². The predicted molar refractivity (Wildman–Crippen MR) is 103 cm³/mol. The number of hydrogen-bond donors (Lipinski definition) is 0. The van der Waals surface area contributed by atoms with Crippen LogP contribution in [-0.4, -0.2) is 8.80 Å². The molecule has 1 aliphatic carbocycles. The Balaban J connectivity index is 1.55. The van der Waals surface area contributed by atoms with Crippen LogP contribution in [0.5, 0.6) is 0 Å². The van der Waals surface area contributed by atoms with Crippen molar-refractivity contribution in [2.45, 2.75) is 57.5 Å². The molecule has 7 heteroatoms. The summed E-state index contributed by atoms with van der Waals surface area (Å²) < 4.78 is 35.7. The van der Waals surface area contributed by atoms with Crippen LogP contribution < -0.4 is 0 Å². The molecule has 3 aromatic heterocycles. The molecule has 6 nitrogen and oxygen atoms in total. The van der Waals surface area contributed by atoms with E-state index in [0.717, 1.165) is 43.0 Å². The summed E-state index contributed by atoms with van der Waals surface area (Å²) >= 11 is 0. The fourth-order valence-corrected chi connectivity index (χ4v) is 6.74. The summed E-state index contributed by atoms with van der Waals surface area (Å²) in [5.41, 5.74) is 0.251. The van der Waals surface area contributed by atoms with Gasteiger partial charge in [0.25, 0.3) is 0 Å². The largest absolute Gasteiger partial charge is 0.505 e. The van der Waals surface area contributed by atoms with E-state index < -0.39 is 8.80 Å². The maximum absolute atomic E-state index is 6.43. The minimum Gasteiger partial charge on any atom is -0.467 e.